The molecule has 2 aromatic carbocycles. The molecule has 0 aliphatic carbocycles. The Bertz CT molecular complexity index is 1600. The van der Waals surface area contributed by atoms with Gasteiger partial charge in [-0.2, -0.15) is 5.26 Å². The molecule has 0 radical (unpaired) electrons. The number of pyridine rings is 1. The van der Waals surface area contributed by atoms with Crippen LogP contribution in [0, 0.1) is 18.3 Å². The van der Waals surface area contributed by atoms with E-state index in [9.17, 15) is 5.26 Å². The number of aromatic nitrogens is 2. The van der Waals surface area contributed by atoms with E-state index in [0.29, 0.717) is 5.56 Å². The number of aryl methyl sites for hydroxylation is 1. The van der Waals surface area contributed by atoms with E-state index in [1.54, 1.807) is 17.5 Å². The third-order valence-electron chi connectivity index (χ3n) is 6.80. The van der Waals surface area contributed by atoms with E-state index < -0.39 is 0 Å². The average Bonchev–Trinajstić information content (AvgIpc) is 3.55. The van der Waals surface area contributed by atoms with E-state index in [2.05, 4.69) is 93.9 Å². The number of anilines is 2. The van der Waals surface area contributed by atoms with E-state index in [1.807, 2.05) is 6.20 Å². The zero-order chi connectivity index (χ0) is 23.8. The Balaban J connectivity index is 1.31. The van der Waals surface area contributed by atoms with Crippen LogP contribution in [0.4, 0.5) is 11.4 Å². The van der Waals surface area contributed by atoms with Crippen LogP contribution in [-0.4, -0.2) is 28.0 Å². The summed E-state index contributed by atoms with van der Waals surface area (Å²) in [5, 5.41) is 15.6. The maximum atomic E-state index is 9.82. The van der Waals surface area contributed by atoms with Gasteiger partial charge >= 0.3 is 0 Å². The Labute approximate surface area is 208 Å². The minimum atomic E-state index is 0.557. The Hall–Kier alpha value is -3.92. The average molecular weight is 476 g/mol. The van der Waals surface area contributed by atoms with Gasteiger partial charge in [0.05, 0.1) is 11.3 Å². The topological polar surface area (TPSA) is 67.7 Å². The molecule has 5 nitrogen and oxygen atoms in total. The molecule has 172 valence electrons. The molecule has 0 atom stereocenters. The fourth-order valence-electron chi connectivity index (χ4n) is 4.84. The third kappa shape index (κ3) is 4.10. The van der Waals surface area contributed by atoms with E-state index in [-0.39, 0.29) is 0 Å². The van der Waals surface area contributed by atoms with Gasteiger partial charge in [-0.1, -0.05) is 36.4 Å². The number of benzene rings is 2. The van der Waals surface area contributed by atoms with E-state index in [0.717, 1.165) is 58.7 Å². The fraction of sp³-hybridized carbons (Fsp3) is 0.172. The lowest BCUT2D eigenvalue weighted by Gasteiger charge is -2.26. The summed E-state index contributed by atoms with van der Waals surface area (Å²) in [4.78, 5) is 12.5. The van der Waals surface area contributed by atoms with Crippen molar-refractivity contribution in [3.8, 4) is 6.07 Å². The van der Waals surface area contributed by atoms with Crippen molar-refractivity contribution in [2.24, 2.45) is 0 Å². The lowest BCUT2D eigenvalue weighted by atomic mass is 10.0. The predicted molar refractivity (Wildman–Crippen MR) is 145 cm³/mol. The van der Waals surface area contributed by atoms with E-state index in [4.69, 9.17) is 0 Å². The Morgan fingerprint density at radius 3 is 2.83 bits per heavy atom. The van der Waals surface area contributed by atoms with Crippen LogP contribution >= 0.6 is 11.3 Å². The summed E-state index contributed by atoms with van der Waals surface area (Å²) in [7, 11) is 0. The zero-order valence-electron chi connectivity index (χ0n) is 19.5. The van der Waals surface area contributed by atoms with Crippen LogP contribution in [0.15, 0.2) is 73.1 Å². The van der Waals surface area contributed by atoms with Crippen molar-refractivity contribution in [3.63, 3.8) is 0 Å². The SMILES string of the molecule is Cc1c(Nc2c(C#N)cnc3sc(C4=CCN(Cc5ccccc5)CC4)cc23)ccc2[nH]ccc12. The number of nitriles is 1. The highest BCUT2D eigenvalue weighted by Crippen LogP contribution is 2.39. The van der Waals surface area contributed by atoms with Gasteiger partial charge in [0.2, 0.25) is 0 Å². The summed E-state index contributed by atoms with van der Waals surface area (Å²) in [6.07, 6.45) is 7.00. The molecule has 0 saturated heterocycles. The molecule has 1 aliphatic heterocycles. The highest BCUT2D eigenvalue weighted by atomic mass is 32.1. The van der Waals surface area contributed by atoms with E-state index in [1.165, 1.54) is 21.4 Å². The van der Waals surface area contributed by atoms with Crippen LogP contribution < -0.4 is 5.32 Å². The first-order valence-electron chi connectivity index (χ1n) is 11.8. The van der Waals surface area contributed by atoms with Crippen molar-refractivity contribution in [1.29, 1.82) is 5.26 Å². The Morgan fingerprint density at radius 2 is 2.03 bits per heavy atom. The van der Waals surface area contributed by atoms with Crippen molar-refractivity contribution in [1.82, 2.24) is 14.9 Å². The molecule has 5 aromatic rings. The van der Waals surface area contributed by atoms with Gasteiger partial charge in [-0.25, -0.2) is 4.98 Å². The van der Waals surface area contributed by atoms with Gasteiger partial charge < -0.3 is 10.3 Å². The van der Waals surface area contributed by atoms with Crippen molar-refractivity contribution >= 4 is 49.4 Å². The summed E-state index contributed by atoms with van der Waals surface area (Å²) in [5.41, 5.74) is 7.37. The van der Waals surface area contributed by atoms with Crippen molar-refractivity contribution in [3.05, 3.63) is 94.6 Å². The molecule has 0 amide bonds. The molecule has 0 spiro atoms. The number of fused-ring (bicyclic) bond motifs is 2. The molecule has 6 rings (SSSR count). The molecule has 0 fully saturated rings. The smallest absolute Gasteiger partial charge is 0.125 e. The van der Waals surface area contributed by atoms with Crippen molar-refractivity contribution in [2.75, 3.05) is 18.4 Å². The number of nitrogens with one attached hydrogen (secondary N) is 2. The molecule has 1 aliphatic rings. The maximum Gasteiger partial charge on any atom is 0.125 e. The number of hydrogen-bond donors (Lipinski definition) is 2. The second kappa shape index (κ2) is 9.03. The standard InChI is InChI=1S/C29H25N5S/c1-19-23-9-12-31-26(23)8-7-25(19)33-28-22(16-30)17-32-29-24(28)15-27(35-29)21-10-13-34(14-11-21)18-20-5-3-2-4-6-20/h2-10,12,15,17,31H,11,13-14,18H2,1H3,(H,32,33). The van der Waals surface area contributed by atoms with Crippen LogP contribution in [-0.2, 0) is 6.54 Å². The highest BCUT2D eigenvalue weighted by molar-refractivity contribution is 7.19. The molecule has 35 heavy (non-hydrogen) atoms. The van der Waals surface area contributed by atoms with Gasteiger partial charge in [-0.3, -0.25) is 4.90 Å². The molecule has 2 N–H and O–H groups in total. The number of thiophene rings is 1. The highest BCUT2D eigenvalue weighted by Gasteiger charge is 2.18. The number of rotatable bonds is 5. The normalized spacial score (nSPS) is 14.2. The molecule has 3 aromatic heterocycles. The molecule has 0 unspecified atom stereocenters. The number of nitrogens with zero attached hydrogens (tertiary/aromatic N) is 3. The van der Waals surface area contributed by atoms with Crippen LogP contribution in [0.1, 0.15) is 28.0 Å². The summed E-state index contributed by atoms with van der Waals surface area (Å²) < 4.78 is 0. The molecule has 0 saturated carbocycles. The fourth-order valence-corrected chi connectivity index (χ4v) is 5.92. The first-order chi connectivity index (χ1) is 17.2. The minimum Gasteiger partial charge on any atom is -0.361 e. The predicted octanol–water partition coefficient (Wildman–Crippen LogP) is 6.99. The number of aromatic amines is 1. The largest absolute Gasteiger partial charge is 0.361 e. The summed E-state index contributed by atoms with van der Waals surface area (Å²) in [5.74, 6) is 0. The van der Waals surface area contributed by atoms with Gasteiger partial charge in [-0.15, -0.1) is 11.3 Å². The zero-order valence-corrected chi connectivity index (χ0v) is 20.3. The number of H-pyrrole nitrogens is 1. The second-order valence-corrected chi connectivity index (χ2v) is 10.0. The van der Waals surface area contributed by atoms with Gasteiger partial charge in [-0.05, 0) is 54.3 Å². The molecular formula is C29H25N5S. The molecule has 0 bridgehead atoms. The molecule has 6 heteroatoms. The first kappa shape index (κ1) is 21.6. The molecular weight excluding hydrogens is 450 g/mol. The van der Waals surface area contributed by atoms with Crippen LogP contribution in [0.2, 0.25) is 0 Å². The quantitative estimate of drug-likeness (QED) is 0.287. The summed E-state index contributed by atoms with van der Waals surface area (Å²) >= 11 is 1.71. The van der Waals surface area contributed by atoms with Crippen LogP contribution in [0.25, 0.3) is 26.7 Å². The second-order valence-electron chi connectivity index (χ2n) is 8.99. The van der Waals surface area contributed by atoms with Crippen LogP contribution in [0.3, 0.4) is 0 Å². The van der Waals surface area contributed by atoms with Crippen LogP contribution in [0.5, 0.6) is 0 Å². The van der Waals surface area contributed by atoms with Crippen molar-refractivity contribution < 1.29 is 0 Å². The number of hydrogen-bond acceptors (Lipinski definition) is 5. The van der Waals surface area contributed by atoms with Gasteiger partial charge in [0.1, 0.15) is 10.9 Å². The van der Waals surface area contributed by atoms with Gasteiger partial charge in [0.15, 0.2) is 0 Å². The van der Waals surface area contributed by atoms with Gasteiger partial charge in [0.25, 0.3) is 0 Å². The minimum absolute atomic E-state index is 0.557. The maximum absolute atomic E-state index is 9.82. The summed E-state index contributed by atoms with van der Waals surface area (Å²) in [6, 6.07) is 21.4. The molecule has 4 heterocycles. The third-order valence-corrected chi connectivity index (χ3v) is 7.92. The Kier molecular flexibility index (Phi) is 5.57. The summed E-state index contributed by atoms with van der Waals surface area (Å²) in [6.45, 7) is 5.06. The Morgan fingerprint density at radius 1 is 1.14 bits per heavy atom. The lowest BCUT2D eigenvalue weighted by molar-refractivity contribution is 0.294. The lowest BCUT2D eigenvalue weighted by Crippen LogP contribution is -2.27. The van der Waals surface area contributed by atoms with Gasteiger partial charge in [0, 0.05) is 58.9 Å². The first-order valence-corrected chi connectivity index (χ1v) is 12.6. The monoisotopic (exact) mass is 475 g/mol. The van der Waals surface area contributed by atoms with Crippen molar-refractivity contribution in [2.45, 2.75) is 19.9 Å². The van der Waals surface area contributed by atoms with E-state index >= 15 is 0 Å².